The van der Waals surface area contributed by atoms with Crippen LogP contribution < -0.4 is 5.32 Å². The summed E-state index contributed by atoms with van der Waals surface area (Å²) in [4.78, 5) is 24.8. The van der Waals surface area contributed by atoms with Crippen LogP contribution in [0.5, 0.6) is 0 Å². The van der Waals surface area contributed by atoms with E-state index in [-0.39, 0.29) is 23.8 Å². The van der Waals surface area contributed by atoms with E-state index in [1.165, 1.54) is 7.11 Å². The van der Waals surface area contributed by atoms with Gasteiger partial charge in [-0.3, -0.25) is 14.5 Å². The van der Waals surface area contributed by atoms with E-state index in [1.54, 1.807) is 0 Å². The zero-order valence-corrected chi connectivity index (χ0v) is 9.57. The van der Waals surface area contributed by atoms with Crippen LogP contribution in [-0.4, -0.2) is 49.6 Å². The van der Waals surface area contributed by atoms with Crippen molar-refractivity contribution in [3.8, 4) is 0 Å². The van der Waals surface area contributed by atoms with E-state index in [1.807, 2.05) is 0 Å². The second-order valence-corrected chi connectivity index (χ2v) is 4.42. The fourth-order valence-electron chi connectivity index (χ4n) is 2.66. The molecule has 2 aliphatic heterocycles. The van der Waals surface area contributed by atoms with Crippen molar-refractivity contribution in [3.63, 3.8) is 0 Å². The molecule has 5 nitrogen and oxygen atoms in total. The first-order chi connectivity index (χ1) is 7.72. The molecule has 2 saturated heterocycles. The predicted molar refractivity (Wildman–Crippen MR) is 57.7 cm³/mol. The summed E-state index contributed by atoms with van der Waals surface area (Å²) in [5.74, 6) is 0.124. The normalized spacial score (nSPS) is 29.7. The first kappa shape index (κ1) is 11.4. The minimum Gasteiger partial charge on any atom is -0.469 e. The molecular weight excluding hydrogens is 208 g/mol. The molecule has 1 N–H and O–H groups in total. The number of nitrogens with one attached hydrogen (secondary N) is 1. The van der Waals surface area contributed by atoms with Gasteiger partial charge in [0.1, 0.15) is 0 Å². The Morgan fingerprint density at radius 3 is 3.19 bits per heavy atom. The van der Waals surface area contributed by atoms with E-state index in [0.29, 0.717) is 13.0 Å². The molecular formula is C11H18N2O3. The van der Waals surface area contributed by atoms with Crippen LogP contribution in [0.25, 0.3) is 0 Å². The first-order valence-corrected chi connectivity index (χ1v) is 5.81. The highest BCUT2D eigenvalue weighted by molar-refractivity contribution is 5.82. The Balaban J connectivity index is 1.89. The topological polar surface area (TPSA) is 58.6 Å². The van der Waals surface area contributed by atoms with E-state index < -0.39 is 0 Å². The molecule has 1 amide bonds. The molecule has 0 bridgehead atoms. The SMILES string of the molecule is COC(=O)CCN1CCCC2C(=O)NCC21. The number of fused-ring (bicyclic) bond motifs is 1. The van der Waals surface area contributed by atoms with Gasteiger partial charge in [0, 0.05) is 19.1 Å². The summed E-state index contributed by atoms with van der Waals surface area (Å²) < 4.78 is 4.63. The molecule has 0 aromatic rings. The van der Waals surface area contributed by atoms with Gasteiger partial charge in [0.2, 0.25) is 5.91 Å². The van der Waals surface area contributed by atoms with Crippen LogP contribution in [0.4, 0.5) is 0 Å². The summed E-state index contributed by atoms with van der Waals surface area (Å²) in [5.41, 5.74) is 0. The largest absolute Gasteiger partial charge is 0.469 e. The molecule has 0 aromatic carbocycles. The van der Waals surface area contributed by atoms with E-state index in [4.69, 9.17) is 0 Å². The van der Waals surface area contributed by atoms with Crippen LogP contribution in [-0.2, 0) is 14.3 Å². The summed E-state index contributed by atoms with van der Waals surface area (Å²) in [5, 5.41) is 2.90. The first-order valence-electron chi connectivity index (χ1n) is 5.81. The van der Waals surface area contributed by atoms with Gasteiger partial charge in [0.15, 0.2) is 0 Å². The standard InChI is InChI=1S/C11H18N2O3/c1-16-10(14)4-6-13-5-2-3-8-9(13)7-12-11(8)15/h8-9H,2-7H2,1H3,(H,12,15). The molecule has 0 aliphatic carbocycles. The maximum Gasteiger partial charge on any atom is 0.306 e. The van der Waals surface area contributed by atoms with Crippen molar-refractivity contribution in [1.29, 1.82) is 0 Å². The maximum absolute atomic E-state index is 11.5. The Labute approximate surface area is 95.1 Å². The minimum atomic E-state index is -0.181. The highest BCUT2D eigenvalue weighted by atomic mass is 16.5. The van der Waals surface area contributed by atoms with E-state index in [2.05, 4.69) is 15.0 Å². The van der Waals surface area contributed by atoms with Crippen molar-refractivity contribution in [1.82, 2.24) is 10.2 Å². The second-order valence-electron chi connectivity index (χ2n) is 4.42. The smallest absolute Gasteiger partial charge is 0.306 e. The fourth-order valence-corrected chi connectivity index (χ4v) is 2.66. The number of hydrogen-bond acceptors (Lipinski definition) is 4. The summed E-state index contributed by atoms with van der Waals surface area (Å²) in [7, 11) is 1.40. The van der Waals surface area contributed by atoms with Gasteiger partial charge in [0.05, 0.1) is 19.4 Å². The van der Waals surface area contributed by atoms with Gasteiger partial charge in [-0.2, -0.15) is 0 Å². The Morgan fingerprint density at radius 2 is 2.44 bits per heavy atom. The predicted octanol–water partition coefficient (Wildman–Crippen LogP) is -0.240. The van der Waals surface area contributed by atoms with Gasteiger partial charge in [-0.25, -0.2) is 0 Å². The van der Waals surface area contributed by atoms with Crippen molar-refractivity contribution in [2.45, 2.75) is 25.3 Å². The summed E-state index contributed by atoms with van der Waals surface area (Å²) in [6.45, 7) is 2.40. The molecule has 16 heavy (non-hydrogen) atoms. The fraction of sp³-hybridized carbons (Fsp3) is 0.818. The molecule has 2 heterocycles. The lowest BCUT2D eigenvalue weighted by atomic mass is 9.91. The van der Waals surface area contributed by atoms with Crippen LogP contribution in [0.1, 0.15) is 19.3 Å². The van der Waals surface area contributed by atoms with Crippen molar-refractivity contribution in [2.75, 3.05) is 26.7 Å². The molecule has 0 aromatic heterocycles. The summed E-state index contributed by atoms with van der Waals surface area (Å²) in [6, 6.07) is 0.283. The molecule has 2 rings (SSSR count). The van der Waals surface area contributed by atoms with Crippen LogP contribution >= 0.6 is 0 Å². The number of piperidine rings is 1. The number of esters is 1. The minimum absolute atomic E-state index is 0.131. The highest BCUT2D eigenvalue weighted by Gasteiger charge is 2.40. The lowest BCUT2D eigenvalue weighted by Crippen LogP contribution is -2.46. The molecule has 2 fully saturated rings. The zero-order valence-electron chi connectivity index (χ0n) is 9.57. The number of likely N-dealkylation sites (tertiary alicyclic amines) is 1. The lowest BCUT2D eigenvalue weighted by molar-refractivity contribution is -0.141. The highest BCUT2D eigenvalue weighted by Crippen LogP contribution is 2.27. The van der Waals surface area contributed by atoms with Gasteiger partial charge in [0.25, 0.3) is 0 Å². The molecule has 90 valence electrons. The number of carbonyl (C=O) groups is 2. The van der Waals surface area contributed by atoms with Crippen LogP contribution in [0, 0.1) is 5.92 Å². The number of hydrogen-bond donors (Lipinski definition) is 1. The van der Waals surface area contributed by atoms with Crippen LogP contribution in [0.15, 0.2) is 0 Å². The Morgan fingerprint density at radius 1 is 1.62 bits per heavy atom. The molecule has 2 atom stereocenters. The van der Waals surface area contributed by atoms with Gasteiger partial charge in [-0.15, -0.1) is 0 Å². The van der Waals surface area contributed by atoms with Crippen molar-refractivity contribution in [3.05, 3.63) is 0 Å². The number of nitrogens with zero attached hydrogens (tertiary/aromatic N) is 1. The van der Waals surface area contributed by atoms with E-state index in [0.717, 1.165) is 25.9 Å². The number of ether oxygens (including phenoxy) is 1. The summed E-state index contributed by atoms with van der Waals surface area (Å²) >= 11 is 0. The zero-order chi connectivity index (χ0) is 11.5. The number of amides is 1. The Bertz CT molecular complexity index is 293. The van der Waals surface area contributed by atoms with E-state index >= 15 is 0 Å². The number of carbonyl (C=O) groups excluding carboxylic acids is 2. The summed E-state index contributed by atoms with van der Waals surface area (Å²) in [6.07, 6.45) is 2.43. The van der Waals surface area contributed by atoms with Crippen molar-refractivity contribution < 1.29 is 14.3 Å². The molecule has 0 spiro atoms. The van der Waals surface area contributed by atoms with Gasteiger partial charge in [-0.05, 0) is 19.4 Å². The van der Waals surface area contributed by atoms with Crippen LogP contribution in [0.3, 0.4) is 0 Å². The van der Waals surface area contributed by atoms with Gasteiger partial charge >= 0.3 is 5.97 Å². The van der Waals surface area contributed by atoms with Gasteiger partial charge in [-0.1, -0.05) is 0 Å². The van der Waals surface area contributed by atoms with Gasteiger partial charge < -0.3 is 10.1 Å². The molecule has 0 radical (unpaired) electrons. The van der Waals surface area contributed by atoms with Crippen LogP contribution in [0.2, 0.25) is 0 Å². The monoisotopic (exact) mass is 226 g/mol. The third kappa shape index (κ3) is 2.19. The molecule has 2 aliphatic rings. The van der Waals surface area contributed by atoms with Crippen molar-refractivity contribution >= 4 is 11.9 Å². The lowest BCUT2D eigenvalue weighted by Gasteiger charge is -2.35. The molecule has 5 heteroatoms. The average molecular weight is 226 g/mol. The van der Waals surface area contributed by atoms with Crippen molar-refractivity contribution in [2.24, 2.45) is 5.92 Å². The third-order valence-electron chi connectivity index (χ3n) is 3.55. The average Bonchev–Trinajstić information content (AvgIpc) is 2.69. The van der Waals surface area contributed by atoms with E-state index in [9.17, 15) is 9.59 Å². The number of methoxy groups -OCH3 is 1. The third-order valence-corrected chi connectivity index (χ3v) is 3.55. The Hall–Kier alpha value is -1.10. The second kappa shape index (κ2) is 4.82. The quantitative estimate of drug-likeness (QED) is 0.675. The number of rotatable bonds is 3. The maximum atomic E-state index is 11.5. The molecule has 2 unspecified atom stereocenters. The molecule has 0 saturated carbocycles. The Kier molecular flexibility index (Phi) is 3.43.